The Hall–Kier alpha value is -3.28. The van der Waals surface area contributed by atoms with Crippen LogP contribution in [-0.2, 0) is 0 Å². The summed E-state index contributed by atoms with van der Waals surface area (Å²) >= 11 is 0. The van der Waals surface area contributed by atoms with Crippen LogP contribution in [0.2, 0.25) is 0 Å². The first-order valence-electron chi connectivity index (χ1n) is 7.85. The maximum Gasteiger partial charge on any atom is 0.160 e. The predicted molar refractivity (Wildman–Crippen MR) is 91.1 cm³/mol. The molecule has 0 aliphatic carbocycles. The molecule has 0 bridgehead atoms. The summed E-state index contributed by atoms with van der Waals surface area (Å²) in [5.41, 5.74) is 4.82. The number of anilines is 1. The van der Waals surface area contributed by atoms with E-state index < -0.39 is 17.7 Å². The summed E-state index contributed by atoms with van der Waals surface area (Å²) in [5, 5.41) is 12.5. The van der Waals surface area contributed by atoms with Gasteiger partial charge in [0.15, 0.2) is 5.65 Å². The lowest BCUT2D eigenvalue weighted by Gasteiger charge is -2.19. The lowest BCUT2D eigenvalue weighted by molar-refractivity contribution is 0.578. The Morgan fingerprint density at radius 3 is 2.60 bits per heavy atom. The number of benzene rings is 2. The normalized spacial score (nSPS) is 15.5. The number of hydrogen-bond acceptors (Lipinski definition) is 3. The zero-order valence-electron chi connectivity index (χ0n) is 12.9. The molecule has 0 amide bonds. The molecule has 0 saturated carbocycles. The van der Waals surface area contributed by atoms with Gasteiger partial charge >= 0.3 is 0 Å². The van der Waals surface area contributed by atoms with E-state index in [9.17, 15) is 8.78 Å². The fourth-order valence-electron chi connectivity index (χ4n) is 3.51. The maximum absolute atomic E-state index is 13.8. The van der Waals surface area contributed by atoms with Gasteiger partial charge in [-0.3, -0.25) is 0 Å². The van der Waals surface area contributed by atoms with Gasteiger partial charge in [-0.1, -0.05) is 18.2 Å². The molecule has 4 aromatic rings. The van der Waals surface area contributed by atoms with Gasteiger partial charge in [0.05, 0.1) is 12.2 Å². The largest absolute Gasteiger partial charge is 0.374 e. The molecule has 25 heavy (non-hydrogen) atoms. The summed E-state index contributed by atoms with van der Waals surface area (Å²) in [7, 11) is 0. The summed E-state index contributed by atoms with van der Waals surface area (Å²) in [5.74, 6) is -1.21. The standard InChI is InChI=1S/C19H12F2N4/c20-11-5-10(6-12(21)7-11)18-15-8-22-19-17(15)14(9-23-25-19)13-3-1-2-4-16(13)24-18/h1-9,18,24H,(H,22,25). The van der Waals surface area contributed by atoms with Crippen LogP contribution in [0.1, 0.15) is 17.2 Å². The third-order valence-corrected chi connectivity index (χ3v) is 4.55. The zero-order valence-corrected chi connectivity index (χ0v) is 12.9. The number of aromatic nitrogens is 3. The fraction of sp³-hybridized carbons (Fsp3) is 0.0526. The van der Waals surface area contributed by atoms with Gasteiger partial charge in [0.25, 0.3) is 0 Å². The Bertz CT molecular complexity index is 1100. The van der Waals surface area contributed by atoms with Crippen LogP contribution >= 0.6 is 0 Å². The molecule has 3 heterocycles. The molecule has 5 rings (SSSR count). The van der Waals surface area contributed by atoms with Gasteiger partial charge in [-0.05, 0) is 23.8 Å². The van der Waals surface area contributed by atoms with Crippen molar-refractivity contribution in [3.8, 4) is 11.1 Å². The maximum atomic E-state index is 13.8. The molecule has 1 atom stereocenters. The highest BCUT2D eigenvalue weighted by molar-refractivity contribution is 6.00. The highest BCUT2D eigenvalue weighted by atomic mass is 19.1. The van der Waals surface area contributed by atoms with E-state index in [4.69, 9.17) is 0 Å². The Kier molecular flexibility index (Phi) is 2.88. The van der Waals surface area contributed by atoms with Crippen molar-refractivity contribution in [2.24, 2.45) is 0 Å². The van der Waals surface area contributed by atoms with Crippen LogP contribution in [0.3, 0.4) is 0 Å². The molecule has 1 unspecified atom stereocenters. The first kappa shape index (κ1) is 14.1. The lowest BCUT2D eigenvalue weighted by Crippen LogP contribution is -2.12. The molecular weight excluding hydrogens is 322 g/mol. The molecule has 4 nitrogen and oxygen atoms in total. The summed E-state index contributed by atoms with van der Waals surface area (Å²) < 4.78 is 27.6. The number of aromatic amines is 1. The third-order valence-electron chi connectivity index (χ3n) is 4.55. The molecule has 2 aromatic carbocycles. The molecular formula is C19H12F2N4. The van der Waals surface area contributed by atoms with Crippen LogP contribution in [0.5, 0.6) is 0 Å². The molecule has 6 heteroatoms. The minimum Gasteiger partial charge on any atom is -0.374 e. The number of para-hydroxylation sites is 1. The van der Waals surface area contributed by atoms with Crippen molar-refractivity contribution in [1.82, 2.24) is 15.2 Å². The number of nitrogens with one attached hydrogen (secondary N) is 2. The Morgan fingerprint density at radius 1 is 0.960 bits per heavy atom. The SMILES string of the molecule is Fc1cc(F)cc(C2Nc3ccccc3-c3cnnc4[nH]cc2c34)c1. The fourth-order valence-corrected chi connectivity index (χ4v) is 3.51. The molecule has 0 radical (unpaired) electrons. The van der Waals surface area contributed by atoms with Gasteiger partial charge in [-0.2, -0.15) is 5.10 Å². The number of rotatable bonds is 1. The van der Waals surface area contributed by atoms with Crippen molar-refractivity contribution in [1.29, 1.82) is 0 Å². The van der Waals surface area contributed by atoms with Gasteiger partial charge in [0.2, 0.25) is 0 Å². The molecule has 1 aliphatic heterocycles. The van der Waals surface area contributed by atoms with Crippen molar-refractivity contribution in [3.63, 3.8) is 0 Å². The van der Waals surface area contributed by atoms with Gasteiger partial charge in [-0.15, -0.1) is 5.10 Å². The summed E-state index contributed by atoms with van der Waals surface area (Å²) in [6.45, 7) is 0. The molecule has 0 fully saturated rings. The van der Waals surface area contributed by atoms with Crippen LogP contribution in [-0.4, -0.2) is 15.2 Å². The smallest absolute Gasteiger partial charge is 0.160 e. The molecule has 2 N–H and O–H groups in total. The minimum absolute atomic E-state index is 0.412. The predicted octanol–water partition coefficient (Wildman–Crippen LogP) is 4.42. The quantitative estimate of drug-likeness (QED) is 0.542. The second-order valence-corrected chi connectivity index (χ2v) is 6.05. The average Bonchev–Trinajstić information content (AvgIpc) is 2.96. The molecule has 0 saturated heterocycles. The molecule has 0 spiro atoms. The van der Waals surface area contributed by atoms with Gasteiger partial charge in [-0.25, -0.2) is 8.78 Å². The monoisotopic (exact) mass is 334 g/mol. The third kappa shape index (κ3) is 2.11. The molecule has 122 valence electrons. The van der Waals surface area contributed by atoms with E-state index in [0.717, 1.165) is 33.8 Å². The zero-order chi connectivity index (χ0) is 17.0. The van der Waals surface area contributed by atoms with Crippen LogP contribution in [0.4, 0.5) is 14.5 Å². The van der Waals surface area contributed by atoms with Crippen LogP contribution in [0.25, 0.3) is 22.2 Å². The Labute approximate surface area is 141 Å². The summed E-state index contributed by atoms with van der Waals surface area (Å²) in [4.78, 5) is 3.11. The van der Waals surface area contributed by atoms with E-state index in [1.807, 2.05) is 30.5 Å². The summed E-state index contributed by atoms with van der Waals surface area (Å²) in [6, 6.07) is 11.0. The Balaban J connectivity index is 1.84. The van der Waals surface area contributed by atoms with Gasteiger partial charge in [0.1, 0.15) is 11.6 Å². The number of halogens is 2. The number of hydrogen-bond donors (Lipinski definition) is 2. The second kappa shape index (κ2) is 5.11. The van der Waals surface area contributed by atoms with Crippen molar-refractivity contribution < 1.29 is 8.78 Å². The van der Waals surface area contributed by atoms with E-state index in [1.54, 1.807) is 6.20 Å². The lowest BCUT2D eigenvalue weighted by atomic mass is 9.97. The Morgan fingerprint density at radius 2 is 1.76 bits per heavy atom. The molecule has 2 aromatic heterocycles. The van der Waals surface area contributed by atoms with E-state index >= 15 is 0 Å². The van der Waals surface area contributed by atoms with Crippen molar-refractivity contribution in [3.05, 3.63) is 77.6 Å². The van der Waals surface area contributed by atoms with E-state index in [1.165, 1.54) is 12.1 Å². The van der Waals surface area contributed by atoms with E-state index in [2.05, 4.69) is 20.5 Å². The number of nitrogens with zero attached hydrogens (tertiary/aromatic N) is 2. The van der Waals surface area contributed by atoms with Crippen molar-refractivity contribution in [2.45, 2.75) is 6.04 Å². The van der Waals surface area contributed by atoms with E-state index in [0.29, 0.717) is 11.2 Å². The number of H-pyrrole nitrogens is 1. The van der Waals surface area contributed by atoms with E-state index in [-0.39, 0.29) is 0 Å². The van der Waals surface area contributed by atoms with Crippen molar-refractivity contribution >= 4 is 16.7 Å². The van der Waals surface area contributed by atoms with Crippen LogP contribution < -0.4 is 5.32 Å². The highest BCUT2D eigenvalue weighted by Crippen LogP contribution is 2.43. The average molecular weight is 334 g/mol. The first-order chi connectivity index (χ1) is 12.2. The van der Waals surface area contributed by atoms with Gasteiger partial charge in [0, 0.05) is 40.0 Å². The highest BCUT2D eigenvalue weighted by Gasteiger charge is 2.26. The minimum atomic E-state index is -0.603. The summed E-state index contributed by atoms with van der Waals surface area (Å²) in [6.07, 6.45) is 3.53. The van der Waals surface area contributed by atoms with Crippen molar-refractivity contribution in [2.75, 3.05) is 5.32 Å². The topological polar surface area (TPSA) is 53.6 Å². The van der Waals surface area contributed by atoms with Crippen LogP contribution in [0.15, 0.2) is 54.9 Å². The number of fused-ring (bicyclic) bond motifs is 2. The first-order valence-corrected chi connectivity index (χ1v) is 7.85. The second-order valence-electron chi connectivity index (χ2n) is 6.05. The van der Waals surface area contributed by atoms with Crippen LogP contribution in [0, 0.1) is 11.6 Å². The van der Waals surface area contributed by atoms with Gasteiger partial charge < -0.3 is 10.3 Å². The molecule has 1 aliphatic rings.